The third kappa shape index (κ3) is 6.29. The van der Waals surface area contributed by atoms with Gasteiger partial charge in [-0.25, -0.2) is 18.4 Å². The van der Waals surface area contributed by atoms with Crippen molar-refractivity contribution in [3.8, 4) is 0 Å². The Kier molecular flexibility index (Phi) is 8.02. The summed E-state index contributed by atoms with van der Waals surface area (Å²) in [7, 11) is -4.44. The van der Waals surface area contributed by atoms with Gasteiger partial charge < -0.3 is 20.1 Å². The van der Waals surface area contributed by atoms with Crippen LogP contribution in [0.25, 0.3) is 0 Å². The summed E-state index contributed by atoms with van der Waals surface area (Å²) in [6.07, 6.45) is -4.97. The fourth-order valence-corrected chi connectivity index (χ4v) is 3.61. The lowest BCUT2D eigenvalue weighted by atomic mass is 9.84. The minimum absolute atomic E-state index is 0.0297. The molecule has 2 rings (SSSR count). The molecule has 0 radical (unpaired) electrons. The van der Waals surface area contributed by atoms with Gasteiger partial charge in [0.1, 0.15) is 12.7 Å². The predicted molar refractivity (Wildman–Crippen MR) is 106 cm³/mol. The molecular formula is C20H20F2O9S. The maximum Gasteiger partial charge on any atom is 0.338 e. The summed E-state index contributed by atoms with van der Waals surface area (Å²) in [5.74, 6) is -9.66. The number of ether oxygens (including phenoxy) is 1. The van der Waals surface area contributed by atoms with Gasteiger partial charge in [-0.05, 0) is 23.8 Å². The van der Waals surface area contributed by atoms with Crippen LogP contribution in [0.2, 0.25) is 0 Å². The van der Waals surface area contributed by atoms with Crippen LogP contribution in [0.5, 0.6) is 0 Å². The van der Waals surface area contributed by atoms with E-state index in [0.717, 1.165) is 12.1 Å². The van der Waals surface area contributed by atoms with Crippen molar-refractivity contribution in [2.45, 2.75) is 24.2 Å². The molecule has 0 aliphatic rings. The number of carboxylic acids is 1. The molecule has 12 heteroatoms. The van der Waals surface area contributed by atoms with E-state index < -0.39 is 64.0 Å². The minimum atomic E-state index is -4.50. The number of esters is 1. The van der Waals surface area contributed by atoms with E-state index >= 15 is 0 Å². The highest BCUT2D eigenvalue weighted by molar-refractivity contribution is 7.86. The van der Waals surface area contributed by atoms with Gasteiger partial charge in [0.05, 0.1) is 23.3 Å². The van der Waals surface area contributed by atoms with Crippen molar-refractivity contribution in [2.75, 3.05) is 12.9 Å². The first-order chi connectivity index (χ1) is 14.8. The molecule has 0 heterocycles. The normalized spacial score (nSPS) is 14.1. The zero-order valence-electron chi connectivity index (χ0n) is 16.6. The van der Waals surface area contributed by atoms with Gasteiger partial charge >= 0.3 is 17.9 Å². The molecule has 0 fully saturated rings. The Bertz CT molecular complexity index is 1060. The first-order valence-electron chi connectivity index (χ1n) is 9.01. The Morgan fingerprint density at radius 1 is 1.03 bits per heavy atom. The maximum atomic E-state index is 14.9. The number of hydrogen-bond donors (Lipinski definition) is 3. The molecule has 0 amide bonds. The summed E-state index contributed by atoms with van der Waals surface area (Å²) in [5, 5.41) is 28.0. The average molecular weight is 474 g/mol. The molecule has 0 unspecified atom stereocenters. The van der Waals surface area contributed by atoms with E-state index in [4.69, 9.17) is 8.92 Å². The van der Waals surface area contributed by atoms with Gasteiger partial charge in [-0.15, -0.1) is 0 Å². The summed E-state index contributed by atoms with van der Waals surface area (Å²) in [5.41, 5.74) is -1.28. The SMILES string of the molecule is CS(=O)(=O)O[C@@H](COC(=O)c1ccccc1)[C@@H](c1ccccc1C(=O)O)C(F)(F)C(O)O. The zero-order chi connectivity index (χ0) is 24.1. The second-order valence-electron chi connectivity index (χ2n) is 6.72. The average Bonchev–Trinajstić information content (AvgIpc) is 2.71. The number of halogens is 2. The predicted octanol–water partition coefficient (Wildman–Crippen LogP) is 1.62. The molecule has 0 saturated carbocycles. The van der Waals surface area contributed by atoms with Crippen molar-refractivity contribution in [1.29, 1.82) is 0 Å². The van der Waals surface area contributed by atoms with Crippen molar-refractivity contribution >= 4 is 22.1 Å². The van der Waals surface area contributed by atoms with Gasteiger partial charge in [0.15, 0.2) is 0 Å². The van der Waals surface area contributed by atoms with Gasteiger partial charge in [-0.3, -0.25) is 4.18 Å². The molecule has 2 atom stereocenters. The Morgan fingerprint density at radius 2 is 1.59 bits per heavy atom. The van der Waals surface area contributed by atoms with Crippen LogP contribution in [-0.2, 0) is 19.0 Å². The molecule has 0 spiro atoms. The van der Waals surface area contributed by atoms with Crippen molar-refractivity contribution in [1.82, 2.24) is 0 Å². The fraction of sp³-hybridized carbons (Fsp3) is 0.300. The first kappa shape index (κ1) is 25.3. The molecule has 0 saturated heterocycles. The highest BCUT2D eigenvalue weighted by Gasteiger charge is 2.53. The molecule has 9 nitrogen and oxygen atoms in total. The van der Waals surface area contributed by atoms with Crippen LogP contribution in [0.3, 0.4) is 0 Å². The molecule has 0 aliphatic carbocycles. The lowest BCUT2D eigenvalue weighted by Crippen LogP contribution is -2.48. The number of aliphatic hydroxyl groups excluding tert-OH is 1. The Labute approximate surface area is 182 Å². The van der Waals surface area contributed by atoms with Crippen molar-refractivity contribution in [2.24, 2.45) is 0 Å². The molecule has 0 bridgehead atoms. The van der Waals surface area contributed by atoms with E-state index in [1.807, 2.05) is 0 Å². The monoisotopic (exact) mass is 474 g/mol. The molecule has 32 heavy (non-hydrogen) atoms. The second kappa shape index (κ2) is 10.1. The fourth-order valence-electron chi connectivity index (χ4n) is 3.00. The standard InChI is InChI=1S/C20H20F2O9S/c1-32(28,29)31-15(11-30-18(25)12-7-3-2-4-8-12)16(20(21,22)19(26)27)13-9-5-6-10-14(13)17(23)24/h2-10,15-16,19,26-27H,11H2,1H3,(H,23,24)/t15-,16+/m0/s1. The Hall–Kier alpha value is -2.93. The number of carbonyl (C=O) groups is 2. The van der Waals surface area contributed by atoms with Crippen LogP contribution in [-0.4, -0.2) is 66.9 Å². The Morgan fingerprint density at radius 3 is 2.12 bits per heavy atom. The lowest BCUT2D eigenvalue weighted by molar-refractivity contribution is -0.230. The summed E-state index contributed by atoms with van der Waals surface area (Å²) in [4.78, 5) is 23.8. The largest absolute Gasteiger partial charge is 0.478 e. The van der Waals surface area contributed by atoms with Crippen LogP contribution < -0.4 is 0 Å². The molecule has 174 valence electrons. The summed E-state index contributed by atoms with van der Waals surface area (Å²) in [6, 6.07) is 11.7. The van der Waals surface area contributed by atoms with Gasteiger partial charge in [-0.2, -0.15) is 8.42 Å². The number of carbonyl (C=O) groups excluding carboxylic acids is 1. The first-order valence-corrected chi connectivity index (χ1v) is 10.8. The lowest BCUT2D eigenvalue weighted by Gasteiger charge is -2.34. The molecule has 2 aromatic rings. The smallest absolute Gasteiger partial charge is 0.338 e. The summed E-state index contributed by atoms with van der Waals surface area (Å²) < 4.78 is 63.0. The number of benzene rings is 2. The van der Waals surface area contributed by atoms with E-state index in [-0.39, 0.29) is 5.56 Å². The van der Waals surface area contributed by atoms with Gasteiger partial charge in [0, 0.05) is 0 Å². The maximum absolute atomic E-state index is 14.9. The number of rotatable bonds is 10. The third-order valence-corrected chi connectivity index (χ3v) is 4.94. The number of hydrogen-bond acceptors (Lipinski definition) is 8. The van der Waals surface area contributed by atoms with Crippen LogP contribution in [0.15, 0.2) is 54.6 Å². The molecule has 0 aromatic heterocycles. The minimum Gasteiger partial charge on any atom is -0.478 e. The van der Waals surface area contributed by atoms with E-state index in [9.17, 15) is 42.1 Å². The van der Waals surface area contributed by atoms with Crippen LogP contribution in [0, 0.1) is 0 Å². The van der Waals surface area contributed by atoms with Crippen molar-refractivity contribution in [3.05, 3.63) is 71.3 Å². The highest BCUT2D eigenvalue weighted by Crippen LogP contribution is 2.41. The quantitative estimate of drug-likeness (QED) is 0.265. The van der Waals surface area contributed by atoms with Crippen LogP contribution >= 0.6 is 0 Å². The highest BCUT2D eigenvalue weighted by atomic mass is 32.2. The van der Waals surface area contributed by atoms with Gasteiger partial charge in [0.2, 0.25) is 6.29 Å². The molecule has 0 aliphatic heterocycles. The van der Waals surface area contributed by atoms with Gasteiger partial charge in [0.25, 0.3) is 10.1 Å². The van der Waals surface area contributed by atoms with E-state index in [1.54, 1.807) is 6.07 Å². The number of alkyl halides is 2. The van der Waals surface area contributed by atoms with E-state index in [1.165, 1.54) is 36.4 Å². The molecule has 3 N–H and O–H groups in total. The van der Waals surface area contributed by atoms with Crippen LogP contribution in [0.4, 0.5) is 8.78 Å². The zero-order valence-corrected chi connectivity index (χ0v) is 17.4. The number of carboxylic acid groups (broad SMARTS) is 1. The van der Waals surface area contributed by atoms with Crippen molar-refractivity contribution < 1.29 is 51.0 Å². The Balaban J connectivity index is 2.55. The summed E-state index contributed by atoms with van der Waals surface area (Å²) >= 11 is 0. The van der Waals surface area contributed by atoms with E-state index in [0.29, 0.717) is 6.26 Å². The van der Waals surface area contributed by atoms with Crippen molar-refractivity contribution in [3.63, 3.8) is 0 Å². The van der Waals surface area contributed by atoms with Gasteiger partial charge in [-0.1, -0.05) is 36.4 Å². The topological polar surface area (TPSA) is 147 Å². The summed E-state index contributed by atoms with van der Waals surface area (Å²) in [6.45, 7) is -1.07. The van der Waals surface area contributed by atoms with Crippen LogP contribution in [0.1, 0.15) is 32.2 Å². The second-order valence-corrected chi connectivity index (χ2v) is 8.32. The molecule has 2 aromatic carbocycles. The number of aromatic carboxylic acids is 1. The number of aliphatic hydroxyl groups is 2. The third-order valence-electron chi connectivity index (χ3n) is 4.34. The van der Waals surface area contributed by atoms with E-state index in [2.05, 4.69) is 0 Å². The molecular weight excluding hydrogens is 454 g/mol.